The molecule has 1 heterocycles. The summed E-state index contributed by atoms with van der Waals surface area (Å²) in [4.78, 5) is 52.1. The van der Waals surface area contributed by atoms with Crippen molar-refractivity contribution < 1.29 is 24.0 Å². The van der Waals surface area contributed by atoms with E-state index in [1.807, 2.05) is 30.3 Å². The van der Waals surface area contributed by atoms with Gasteiger partial charge in [-0.05, 0) is 17.5 Å². The van der Waals surface area contributed by atoms with E-state index in [1.54, 1.807) is 21.9 Å². The van der Waals surface area contributed by atoms with E-state index >= 15 is 0 Å². The van der Waals surface area contributed by atoms with Crippen LogP contribution in [0.5, 0.6) is 0 Å². The number of hydrogen-bond donors (Lipinski definition) is 1. The van der Waals surface area contributed by atoms with Crippen LogP contribution in [0.3, 0.4) is 0 Å². The number of ether oxygens (including phenoxy) is 1. The molecule has 1 fully saturated rings. The lowest BCUT2D eigenvalue weighted by molar-refractivity contribution is -0.384. The summed E-state index contributed by atoms with van der Waals surface area (Å²) in [5.41, 5.74) is 1.73. The number of nitrogens with zero attached hydrogens (tertiary/aromatic N) is 3. The molecule has 0 aliphatic carbocycles. The Hall–Kier alpha value is -3.44. The van der Waals surface area contributed by atoms with Crippen molar-refractivity contribution in [3.05, 3.63) is 75.8 Å². The lowest BCUT2D eigenvalue weighted by Crippen LogP contribution is -2.55. The maximum atomic E-state index is 13.4. The highest BCUT2D eigenvalue weighted by molar-refractivity contribution is 8.13. The molecular weight excluding hydrogens is 496 g/mol. The third kappa shape index (κ3) is 9.18. The Morgan fingerprint density at radius 1 is 1.05 bits per heavy atom. The van der Waals surface area contributed by atoms with Crippen molar-refractivity contribution >= 4 is 34.5 Å². The van der Waals surface area contributed by atoms with Crippen LogP contribution in [0.2, 0.25) is 0 Å². The molecule has 1 saturated heterocycles. The van der Waals surface area contributed by atoms with E-state index in [-0.39, 0.29) is 23.1 Å². The molecule has 198 valence electrons. The summed E-state index contributed by atoms with van der Waals surface area (Å²) >= 11 is 1.15. The zero-order valence-corrected chi connectivity index (χ0v) is 21.7. The number of non-ortho nitro benzene ring substituents is 1. The predicted molar refractivity (Wildman–Crippen MR) is 141 cm³/mol. The number of carbonyl (C=O) groups is 3. The zero-order chi connectivity index (χ0) is 26.6. The topological polar surface area (TPSA) is 122 Å². The number of hydrogen-bond acceptors (Lipinski definition) is 7. The van der Waals surface area contributed by atoms with Gasteiger partial charge in [-0.3, -0.25) is 19.7 Å². The molecule has 1 aliphatic rings. The van der Waals surface area contributed by atoms with Gasteiger partial charge < -0.3 is 19.9 Å². The first kappa shape index (κ1) is 28.1. The largest absolute Gasteiger partial charge is 0.378 e. The maximum Gasteiger partial charge on any atom is 0.318 e. The van der Waals surface area contributed by atoms with E-state index in [0.717, 1.165) is 17.3 Å². The molecule has 1 N–H and O–H groups in total. The molecule has 1 aliphatic heterocycles. The molecule has 0 spiro atoms. The molecule has 2 aromatic carbocycles. The molecule has 1 atom stereocenters. The second-order valence-electron chi connectivity index (χ2n) is 8.63. The SMILES string of the molecule is CC(=O)SCCN(CCc1ccccc1)C(=O)N[C@@H](Cc1ccc([N+](=O)[O-])cc1)C(=O)N1CCOCC1. The van der Waals surface area contributed by atoms with Gasteiger partial charge in [-0.2, -0.15) is 0 Å². The predicted octanol–water partition coefficient (Wildman–Crippen LogP) is 2.90. The van der Waals surface area contributed by atoms with E-state index in [9.17, 15) is 24.5 Å². The molecular formula is C26H32N4O6S. The molecule has 2 aromatic rings. The van der Waals surface area contributed by atoms with Crippen LogP contribution in [0.25, 0.3) is 0 Å². The van der Waals surface area contributed by atoms with Gasteiger partial charge in [-0.1, -0.05) is 54.2 Å². The van der Waals surface area contributed by atoms with E-state index in [1.165, 1.54) is 19.1 Å². The molecule has 0 unspecified atom stereocenters. The number of benzene rings is 2. The van der Waals surface area contributed by atoms with Crippen LogP contribution in [-0.4, -0.2) is 83.0 Å². The Morgan fingerprint density at radius 3 is 2.35 bits per heavy atom. The highest BCUT2D eigenvalue weighted by atomic mass is 32.2. The molecule has 0 aromatic heterocycles. The van der Waals surface area contributed by atoms with Gasteiger partial charge in [0, 0.05) is 57.4 Å². The van der Waals surface area contributed by atoms with Gasteiger partial charge in [0.05, 0.1) is 18.1 Å². The van der Waals surface area contributed by atoms with Gasteiger partial charge in [-0.25, -0.2) is 4.79 Å². The third-order valence-corrected chi connectivity index (χ3v) is 6.77. The standard InChI is InChI=1S/C26H32N4O6S/c1-20(31)37-18-15-29(12-11-21-5-3-2-4-6-21)26(33)27-24(25(32)28-13-16-36-17-14-28)19-22-7-9-23(10-8-22)30(34)35/h2-10,24H,11-19H2,1H3,(H,27,33)/t24-/m0/s1. The Kier molecular flexibility index (Phi) is 10.9. The van der Waals surface area contributed by atoms with E-state index in [4.69, 9.17) is 4.74 Å². The molecule has 3 rings (SSSR count). The zero-order valence-electron chi connectivity index (χ0n) is 20.8. The number of carbonyl (C=O) groups excluding carboxylic acids is 3. The van der Waals surface area contributed by atoms with Gasteiger partial charge in [0.15, 0.2) is 5.12 Å². The molecule has 11 heteroatoms. The van der Waals surface area contributed by atoms with Crippen molar-refractivity contribution in [3.63, 3.8) is 0 Å². The first-order valence-electron chi connectivity index (χ1n) is 12.2. The maximum absolute atomic E-state index is 13.4. The first-order chi connectivity index (χ1) is 17.8. The normalized spacial score (nSPS) is 14.0. The monoisotopic (exact) mass is 528 g/mol. The quantitative estimate of drug-likeness (QED) is 0.351. The minimum Gasteiger partial charge on any atom is -0.378 e. The number of rotatable bonds is 11. The molecule has 0 radical (unpaired) electrons. The molecule has 0 saturated carbocycles. The summed E-state index contributed by atoms with van der Waals surface area (Å²) in [7, 11) is 0. The molecule has 0 bridgehead atoms. The van der Waals surface area contributed by atoms with E-state index < -0.39 is 17.0 Å². The van der Waals surface area contributed by atoms with Crippen molar-refractivity contribution in [2.45, 2.75) is 25.8 Å². The Labute approximate surface area is 220 Å². The van der Waals surface area contributed by atoms with Crippen LogP contribution in [-0.2, 0) is 27.2 Å². The molecule has 3 amide bonds. The Bertz CT molecular complexity index is 1060. The van der Waals surface area contributed by atoms with Crippen molar-refractivity contribution in [2.75, 3.05) is 45.1 Å². The summed E-state index contributed by atoms with van der Waals surface area (Å²) in [6, 6.07) is 14.5. The van der Waals surface area contributed by atoms with Crippen molar-refractivity contribution in [2.24, 2.45) is 0 Å². The molecule has 37 heavy (non-hydrogen) atoms. The summed E-state index contributed by atoms with van der Waals surface area (Å²) in [6.07, 6.45) is 0.818. The van der Waals surface area contributed by atoms with Crippen molar-refractivity contribution in [1.29, 1.82) is 0 Å². The number of urea groups is 1. The fourth-order valence-corrected chi connectivity index (χ4v) is 4.56. The van der Waals surface area contributed by atoms with E-state index in [0.29, 0.717) is 57.1 Å². The minimum atomic E-state index is -0.855. The minimum absolute atomic E-state index is 0.0260. The highest BCUT2D eigenvalue weighted by Gasteiger charge is 2.29. The number of thioether (sulfide) groups is 1. The number of amides is 3. The summed E-state index contributed by atoms with van der Waals surface area (Å²) in [6.45, 7) is 3.96. The second kappa shape index (κ2) is 14.3. The fourth-order valence-electron chi connectivity index (χ4n) is 3.96. The lowest BCUT2D eigenvalue weighted by Gasteiger charge is -2.32. The number of morpholine rings is 1. The Balaban J connectivity index is 1.75. The van der Waals surface area contributed by atoms with Crippen LogP contribution in [0.1, 0.15) is 18.1 Å². The summed E-state index contributed by atoms with van der Waals surface area (Å²) < 4.78 is 5.36. The van der Waals surface area contributed by atoms with E-state index in [2.05, 4.69) is 5.32 Å². The van der Waals surface area contributed by atoms with Crippen LogP contribution in [0.15, 0.2) is 54.6 Å². The average Bonchev–Trinajstić information content (AvgIpc) is 2.91. The number of nitro benzene ring substituents is 1. The summed E-state index contributed by atoms with van der Waals surface area (Å²) in [5.74, 6) is 0.221. The van der Waals surface area contributed by atoms with Crippen LogP contribution in [0.4, 0.5) is 10.5 Å². The van der Waals surface area contributed by atoms with Crippen molar-refractivity contribution in [1.82, 2.24) is 15.1 Å². The highest BCUT2D eigenvalue weighted by Crippen LogP contribution is 2.15. The van der Waals surface area contributed by atoms with Gasteiger partial charge in [-0.15, -0.1) is 0 Å². The van der Waals surface area contributed by atoms with Gasteiger partial charge in [0.25, 0.3) is 5.69 Å². The van der Waals surface area contributed by atoms with Gasteiger partial charge in [0.1, 0.15) is 6.04 Å². The Morgan fingerprint density at radius 2 is 1.73 bits per heavy atom. The third-order valence-electron chi connectivity index (χ3n) is 5.97. The van der Waals surface area contributed by atoms with Crippen LogP contribution >= 0.6 is 11.8 Å². The van der Waals surface area contributed by atoms with Crippen LogP contribution in [0, 0.1) is 10.1 Å². The van der Waals surface area contributed by atoms with Gasteiger partial charge in [0.2, 0.25) is 5.91 Å². The lowest BCUT2D eigenvalue weighted by atomic mass is 10.0. The van der Waals surface area contributed by atoms with Crippen LogP contribution < -0.4 is 5.32 Å². The van der Waals surface area contributed by atoms with Gasteiger partial charge >= 0.3 is 6.03 Å². The molecule has 10 nitrogen and oxygen atoms in total. The average molecular weight is 529 g/mol. The second-order valence-corrected chi connectivity index (χ2v) is 9.90. The smallest absolute Gasteiger partial charge is 0.318 e. The summed E-state index contributed by atoms with van der Waals surface area (Å²) in [5, 5.41) is 13.9. The number of nitro groups is 1. The first-order valence-corrected chi connectivity index (χ1v) is 13.1. The fraction of sp³-hybridized carbons (Fsp3) is 0.423. The number of nitrogens with one attached hydrogen (secondary N) is 1. The van der Waals surface area contributed by atoms with Crippen molar-refractivity contribution in [3.8, 4) is 0 Å².